The summed E-state index contributed by atoms with van der Waals surface area (Å²) in [5, 5.41) is 14.6. The number of furan rings is 1. The standard InChI is InChI=1S/C20H20N4O6/c1-4-28-18(25)15-11(2)22-20(27)23-14(15)10-29-19(26)16-12(3)30-17(13(16)9-21)24-7-5-6-8-24/h5-8,11H,4,10H2,1-3H3,(H2,22,23,27)/t11-/m1/s1. The minimum Gasteiger partial charge on any atom is -0.463 e. The fourth-order valence-electron chi connectivity index (χ4n) is 3.13. The zero-order chi connectivity index (χ0) is 21.8. The zero-order valence-corrected chi connectivity index (χ0v) is 16.6. The number of rotatable bonds is 6. The third kappa shape index (κ3) is 3.91. The molecule has 0 saturated carbocycles. The lowest BCUT2D eigenvalue weighted by molar-refractivity contribution is -0.139. The molecule has 30 heavy (non-hydrogen) atoms. The van der Waals surface area contributed by atoms with Crippen LogP contribution in [0, 0.1) is 18.3 Å². The van der Waals surface area contributed by atoms with Gasteiger partial charge in [0.05, 0.1) is 23.9 Å². The first-order valence-corrected chi connectivity index (χ1v) is 9.19. The number of urea groups is 1. The summed E-state index contributed by atoms with van der Waals surface area (Å²) in [6.45, 7) is 4.58. The van der Waals surface area contributed by atoms with Gasteiger partial charge < -0.3 is 24.5 Å². The summed E-state index contributed by atoms with van der Waals surface area (Å²) in [5.41, 5.74) is 0.272. The van der Waals surface area contributed by atoms with Crippen LogP contribution < -0.4 is 10.6 Å². The first-order valence-electron chi connectivity index (χ1n) is 9.19. The number of aryl methyl sites for hydroxylation is 1. The molecule has 0 spiro atoms. The normalized spacial score (nSPS) is 15.8. The molecule has 156 valence electrons. The Bertz CT molecular complexity index is 1060. The first kappa shape index (κ1) is 20.7. The molecule has 1 aliphatic heterocycles. The number of ether oxygens (including phenoxy) is 2. The molecule has 2 N–H and O–H groups in total. The highest BCUT2D eigenvalue weighted by Crippen LogP contribution is 2.26. The van der Waals surface area contributed by atoms with Crippen molar-refractivity contribution < 1.29 is 28.3 Å². The minimum atomic E-state index is -0.817. The summed E-state index contributed by atoms with van der Waals surface area (Å²) < 4.78 is 17.5. The van der Waals surface area contributed by atoms with Gasteiger partial charge in [-0.3, -0.25) is 4.57 Å². The number of nitrogens with zero attached hydrogens (tertiary/aromatic N) is 2. The molecular weight excluding hydrogens is 392 g/mol. The van der Waals surface area contributed by atoms with E-state index in [1.54, 1.807) is 49.9 Å². The van der Waals surface area contributed by atoms with Gasteiger partial charge in [-0.2, -0.15) is 5.26 Å². The average molecular weight is 412 g/mol. The van der Waals surface area contributed by atoms with E-state index in [0.717, 1.165) is 0 Å². The Morgan fingerprint density at radius 3 is 2.60 bits per heavy atom. The van der Waals surface area contributed by atoms with Crippen LogP contribution in [0.1, 0.15) is 35.5 Å². The molecule has 2 aromatic rings. The zero-order valence-electron chi connectivity index (χ0n) is 16.6. The van der Waals surface area contributed by atoms with Gasteiger partial charge in [-0.1, -0.05) is 0 Å². The number of nitrogens with one attached hydrogen (secondary N) is 2. The van der Waals surface area contributed by atoms with Crippen molar-refractivity contribution in [1.82, 2.24) is 15.2 Å². The van der Waals surface area contributed by atoms with Crippen molar-refractivity contribution >= 4 is 18.0 Å². The van der Waals surface area contributed by atoms with E-state index in [-0.39, 0.29) is 47.3 Å². The molecule has 1 aliphatic rings. The molecule has 0 fully saturated rings. The molecule has 10 heteroatoms. The van der Waals surface area contributed by atoms with Gasteiger partial charge in [0.1, 0.15) is 29.6 Å². The SMILES string of the molecule is CCOC(=O)C1=C(COC(=O)c2c(C)oc(-n3cccc3)c2C#N)NC(=O)N[C@@H]1C. The van der Waals surface area contributed by atoms with Crippen molar-refractivity contribution in [2.24, 2.45) is 0 Å². The maximum atomic E-state index is 12.7. The van der Waals surface area contributed by atoms with Crippen LogP contribution in [-0.2, 0) is 14.3 Å². The minimum absolute atomic E-state index is 0.0206. The first-order chi connectivity index (χ1) is 14.4. The lowest BCUT2D eigenvalue weighted by Gasteiger charge is -2.26. The topological polar surface area (TPSA) is 136 Å². The van der Waals surface area contributed by atoms with Gasteiger partial charge in [0, 0.05) is 12.4 Å². The molecule has 0 radical (unpaired) electrons. The monoisotopic (exact) mass is 412 g/mol. The van der Waals surface area contributed by atoms with Gasteiger partial charge in [-0.25, -0.2) is 14.4 Å². The summed E-state index contributed by atoms with van der Waals surface area (Å²) in [6, 6.07) is 4.31. The van der Waals surface area contributed by atoms with E-state index in [1.807, 2.05) is 6.07 Å². The number of amides is 2. The van der Waals surface area contributed by atoms with Crippen LogP contribution in [0.2, 0.25) is 0 Å². The largest absolute Gasteiger partial charge is 0.463 e. The van der Waals surface area contributed by atoms with Crippen LogP contribution in [0.4, 0.5) is 4.79 Å². The predicted octanol–water partition coefficient (Wildman–Crippen LogP) is 1.93. The molecular formula is C20H20N4O6. The van der Waals surface area contributed by atoms with Crippen LogP contribution >= 0.6 is 0 Å². The molecule has 2 amide bonds. The van der Waals surface area contributed by atoms with E-state index in [1.165, 1.54) is 0 Å². The molecule has 3 heterocycles. The van der Waals surface area contributed by atoms with E-state index in [2.05, 4.69) is 10.6 Å². The van der Waals surface area contributed by atoms with Crippen LogP contribution in [0.5, 0.6) is 0 Å². The maximum absolute atomic E-state index is 12.7. The van der Waals surface area contributed by atoms with Crippen molar-refractivity contribution in [3.8, 4) is 12.0 Å². The second-order valence-corrected chi connectivity index (χ2v) is 6.42. The van der Waals surface area contributed by atoms with Gasteiger partial charge in [0.25, 0.3) is 0 Å². The fraction of sp³-hybridized carbons (Fsp3) is 0.300. The Kier molecular flexibility index (Phi) is 5.92. The highest BCUT2D eigenvalue weighted by Gasteiger charge is 2.31. The van der Waals surface area contributed by atoms with Crippen LogP contribution in [-0.4, -0.2) is 41.8 Å². The molecule has 1 atom stereocenters. The van der Waals surface area contributed by atoms with Gasteiger partial charge >= 0.3 is 18.0 Å². The quantitative estimate of drug-likeness (QED) is 0.692. The van der Waals surface area contributed by atoms with Crippen molar-refractivity contribution in [1.29, 1.82) is 5.26 Å². The number of nitriles is 1. The molecule has 3 rings (SSSR count). The molecule has 0 aromatic carbocycles. The van der Waals surface area contributed by atoms with Crippen LogP contribution in [0.15, 0.2) is 40.2 Å². The Morgan fingerprint density at radius 2 is 1.97 bits per heavy atom. The van der Waals surface area contributed by atoms with E-state index < -0.39 is 24.0 Å². The molecule has 0 saturated heterocycles. The van der Waals surface area contributed by atoms with E-state index in [9.17, 15) is 19.6 Å². The lowest BCUT2D eigenvalue weighted by atomic mass is 10.0. The molecule has 0 bridgehead atoms. The van der Waals surface area contributed by atoms with Gasteiger partial charge in [0.2, 0.25) is 5.88 Å². The summed E-state index contributed by atoms with van der Waals surface area (Å²) in [5.74, 6) is -1.04. The fourth-order valence-corrected chi connectivity index (χ4v) is 3.13. The Hall–Kier alpha value is -4.00. The highest BCUT2D eigenvalue weighted by atomic mass is 16.5. The Balaban J connectivity index is 1.87. The maximum Gasteiger partial charge on any atom is 0.343 e. The Labute approximate surface area is 172 Å². The molecule has 0 aliphatic carbocycles. The van der Waals surface area contributed by atoms with Crippen LogP contribution in [0.25, 0.3) is 5.88 Å². The van der Waals surface area contributed by atoms with Crippen molar-refractivity contribution in [3.05, 3.63) is 52.7 Å². The van der Waals surface area contributed by atoms with Crippen molar-refractivity contribution in [3.63, 3.8) is 0 Å². The smallest absolute Gasteiger partial charge is 0.343 e. The molecule has 10 nitrogen and oxygen atoms in total. The van der Waals surface area contributed by atoms with Gasteiger partial charge in [0.15, 0.2) is 0 Å². The van der Waals surface area contributed by atoms with E-state index in [4.69, 9.17) is 13.9 Å². The van der Waals surface area contributed by atoms with Gasteiger partial charge in [-0.15, -0.1) is 0 Å². The van der Waals surface area contributed by atoms with Crippen molar-refractivity contribution in [2.75, 3.05) is 13.2 Å². The number of hydrogen-bond donors (Lipinski definition) is 2. The van der Waals surface area contributed by atoms with E-state index in [0.29, 0.717) is 0 Å². The number of hydrogen-bond acceptors (Lipinski definition) is 7. The average Bonchev–Trinajstić information content (AvgIpc) is 3.33. The third-order valence-electron chi connectivity index (χ3n) is 4.43. The second kappa shape index (κ2) is 8.57. The predicted molar refractivity (Wildman–Crippen MR) is 103 cm³/mol. The molecule has 0 unspecified atom stereocenters. The second-order valence-electron chi connectivity index (χ2n) is 6.42. The van der Waals surface area contributed by atoms with Crippen LogP contribution in [0.3, 0.4) is 0 Å². The van der Waals surface area contributed by atoms with E-state index >= 15 is 0 Å². The number of carbonyl (C=O) groups is 3. The number of aromatic nitrogens is 1. The summed E-state index contributed by atoms with van der Waals surface area (Å²) in [7, 11) is 0. The van der Waals surface area contributed by atoms with Crippen molar-refractivity contribution in [2.45, 2.75) is 26.8 Å². The summed E-state index contributed by atoms with van der Waals surface area (Å²) in [6.07, 6.45) is 3.35. The third-order valence-corrected chi connectivity index (χ3v) is 4.43. The Morgan fingerprint density at radius 1 is 1.27 bits per heavy atom. The number of esters is 2. The summed E-state index contributed by atoms with van der Waals surface area (Å²) in [4.78, 5) is 36.8. The van der Waals surface area contributed by atoms with Gasteiger partial charge in [-0.05, 0) is 32.9 Å². The highest BCUT2D eigenvalue weighted by molar-refractivity contribution is 5.96. The number of carbonyl (C=O) groups excluding carboxylic acids is 3. The lowest BCUT2D eigenvalue weighted by Crippen LogP contribution is -2.50. The molecule has 2 aromatic heterocycles. The summed E-state index contributed by atoms with van der Waals surface area (Å²) >= 11 is 0.